The summed E-state index contributed by atoms with van der Waals surface area (Å²) in [5.74, 6) is -0.352. The number of phenolic OH excluding ortho intramolecular Hbond substituents is 1. The third-order valence-corrected chi connectivity index (χ3v) is 2.65. The number of hydrogen-bond donors (Lipinski definition) is 2. The largest absolute Gasteiger partial charge is 0.506 e. The molecule has 0 bridgehead atoms. The van der Waals surface area contributed by atoms with Crippen LogP contribution in [0.1, 0.15) is 15.9 Å². The molecule has 0 fully saturated rings. The van der Waals surface area contributed by atoms with Crippen molar-refractivity contribution in [3.05, 3.63) is 52.8 Å². The number of carbonyl (C=O) groups is 1. The maximum Gasteiger partial charge on any atom is 0.255 e. The SMILES string of the molecule is Cc1cncc(NC(=O)c2ccc(O)c(Cl)c2)c1. The monoisotopic (exact) mass is 262 g/mol. The number of carbonyl (C=O) groups excluding carboxylic acids is 1. The highest BCUT2D eigenvalue weighted by molar-refractivity contribution is 6.32. The lowest BCUT2D eigenvalue weighted by molar-refractivity contribution is 0.102. The van der Waals surface area contributed by atoms with Crippen LogP contribution in [0.15, 0.2) is 36.7 Å². The zero-order valence-electron chi connectivity index (χ0n) is 9.64. The minimum absolute atomic E-state index is 0.0505. The van der Waals surface area contributed by atoms with E-state index in [0.29, 0.717) is 11.3 Å². The summed E-state index contributed by atoms with van der Waals surface area (Å²) < 4.78 is 0. The zero-order valence-corrected chi connectivity index (χ0v) is 10.4. The molecule has 0 aliphatic heterocycles. The van der Waals surface area contributed by atoms with Crippen molar-refractivity contribution in [2.45, 2.75) is 6.92 Å². The minimum Gasteiger partial charge on any atom is -0.506 e. The summed E-state index contributed by atoms with van der Waals surface area (Å²) in [6.45, 7) is 1.89. The van der Waals surface area contributed by atoms with Crippen LogP contribution in [0.2, 0.25) is 5.02 Å². The molecule has 2 N–H and O–H groups in total. The average Bonchev–Trinajstić information content (AvgIpc) is 2.32. The van der Waals surface area contributed by atoms with Gasteiger partial charge in [-0.15, -0.1) is 0 Å². The van der Waals surface area contributed by atoms with E-state index in [1.54, 1.807) is 12.4 Å². The van der Waals surface area contributed by atoms with E-state index in [1.807, 2.05) is 13.0 Å². The molecular weight excluding hydrogens is 252 g/mol. The van der Waals surface area contributed by atoms with Crippen molar-refractivity contribution in [3.63, 3.8) is 0 Å². The summed E-state index contributed by atoms with van der Waals surface area (Å²) in [4.78, 5) is 15.9. The molecule has 5 heteroatoms. The fourth-order valence-corrected chi connectivity index (χ4v) is 1.66. The van der Waals surface area contributed by atoms with E-state index < -0.39 is 0 Å². The lowest BCUT2D eigenvalue weighted by Crippen LogP contribution is -2.12. The predicted molar refractivity (Wildman–Crippen MR) is 70.0 cm³/mol. The van der Waals surface area contributed by atoms with Crippen molar-refractivity contribution in [1.82, 2.24) is 4.98 Å². The second-order valence-corrected chi connectivity index (χ2v) is 4.28. The normalized spacial score (nSPS) is 10.1. The van der Waals surface area contributed by atoms with Gasteiger partial charge in [0.1, 0.15) is 5.75 Å². The van der Waals surface area contributed by atoms with Crippen molar-refractivity contribution in [2.24, 2.45) is 0 Å². The van der Waals surface area contributed by atoms with Gasteiger partial charge in [-0.25, -0.2) is 0 Å². The summed E-state index contributed by atoms with van der Waals surface area (Å²) in [6.07, 6.45) is 3.26. The van der Waals surface area contributed by atoms with Gasteiger partial charge in [-0.05, 0) is 36.8 Å². The van der Waals surface area contributed by atoms with Gasteiger partial charge in [0.25, 0.3) is 5.91 Å². The molecule has 2 rings (SSSR count). The van der Waals surface area contributed by atoms with Gasteiger partial charge < -0.3 is 10.4 Å². The molecule has 0 radical (unpaired) electrons. The van der Waals surface area contributed by atoms with Crippen molar-refractivity contribution >= 4 is 23.2 Å². The average molecular weight is 263 g/mol. The number of amides is 1. The predicted octanol–water partition coefficient (Wildman–Crippen LogP) is 3.00. The first kappa shape index (κ1) is 12.4. The molecule has 0 aliphatic carbocycles. The van der Waals surface area contributed by atoms with Crippen LogP contribution < -0.4 is 5.32 Å². The fourth-order valence-electron chi connectivity index (χ4n) is 1.47. The topological polar surface area (TPSA) is 62.2 Å². The molecule has 1 amide bonds. The first-order chi connectivity index (χ1) is 8.56. The van der Waals surface area contributed by atoms with Gasteiger partial charge in [0, 0.05) is 11.8 Å². The molecule has 1 aromatic heterocycles. The second kappa shape index (κ2) is 5.06. The third-order valence-electron chi connectivity index (χ3n) is 2.34. The van der Waals surface area contributed by atoms with Crippen LogP contribution in [-0.4, -0.2) is 16.0 Å². The van der Waals surface area contributed by atoms with Gasteiger partial charge in [-0.2, -0.15) is 0 Å². The smallest absolute Gasteiger partial charge is 0.255 e. The van der Waals surface area contributed by atoms with Gasteiger partial charge >= 0.3 is 0 Å². The van der Waals surface area contributed by atoms with Gasteiger partial charge in [-0.1, -0.05) is 11.6 Å². The number of aryl methyl sites for hydroxylation is 1. The first-order valence-corrected chi connectivity index (χ1v) is 5.65. The number of aromatic nitrogens is 1. The quantitative estimate of drug-likeness (QED) is 0.875. The molecule has 0 atom stereocenters. The molecule has 92 valence electrons. The van der Waals surface area contributed by atoms with E-state index in [0.717, 1.165) is 5.56 Å². The van der Waals surface area contributed by atoms with Crippen LogP contribution in [0.25, 0.3) is 0 Å². The van der Waals surface area contributed by atoms with Crippen LogP contribution in [0.3, 0.4) is 0 Å². The van der Waals surface area contributed by atoms with E-state index in [1.165, 1.54) is 18.2 Å². The molecule has 0 saturated heterocycles. The molecular formula is C13H11ClN2O2. The Balaban J connectivity index is 2.19. The Kier molecular flexibility index (Phi) is 3.48. The van der Waals surface area contributed by atoms with Crippen LogP contribution in [0, 0.1) is 6.92 Å². The lowest BCUT2D eigenvalue weighted by atomic mass is 10.2. The van der Waals surface area contributed by atoms with Crippen LogP contribution in [-0.2, 0) is 0 Å². The summed E-state index contributed by atoms with van der Waals surface area (Å²) in [5.41, 5.74) is 1.94. The Bertz CT molecular complexity index is 599. The van der Waals surface area contributed by atoms with Crippen molar-refractivity contribution in [1.29, 1.82) is 0 Å². The first-order valence-electron chi connectivity index (χ1n) is 5.28. The molecule has 0 spiro atoms. The van der Waals surface area contributed by atoms with Gasteiger partial charge in [-0.3, -0.25) is 9.78 Å². The molecule has 1 heterocycles. The van der Waals surface area contributed by atoms with E-state index >= 15 is 0 Å². The number of nitrogens with one attached hydrogen (secondary N) is 1. The van der Waals surface area contributed by atoms with E-state index in [9.17, 15) is 9.90 Å². The van der Waals surface area contributed by atoms with E-state index in [2.05, 4.69) is 10.3 Å². The number of nitrogens with zero attached hydrogens (tertiary/aromatic N) is 1. The standard InChI is InChI=1S/C13H11ClN2O2/c1-8-4-10(7-15-6-8)16-13(18)9-2-3-12(17)11(14)5-9/h2-7,17H,1H3,(H,16,18). The number of pyridine rings is 1. The van der Waals surface area contributed by atoms with Crippen LogP contribution in [0.4, 0.5) is 5.69 Å². The van der Waals surface area contributed by atoms with Gasteiger partial charge in [0.2, 0.25) is 0 Å². The highest BCUT2D eigenvalue weighted by Crippen LogP contribution is 2.24. The second-order valence-electron chi connectivity index (χ2n) is 3.87. The van der Waals surface area contributed by atoms with E-state index in [-0.39, 0.29) is 16.7 Å². The number of hydrogen-bond acceptors (Lipinski definition) is 3. The van der Waals surface area contributed by atoms with Crippen molar-refractivity contribution < 1.29 is 9.90 Å². The highest BCUT2D eigenvalue weighted by atomic mass is 35.5. The van der Waals surface area contributed by atoms with E-state index in [4.69, 9.17) is 11.6 Å². The highest BCUT2D eigenvalue weighted by Gasteiger charge is 2.08. The van der Waals surface area contributed by atoms with Crippen LogP contribution in [0.5, 0.6) is 5.75 Å². The Morgan fingerprint density at radius 1 is 1.33 bits per heavy atom. The van der Waals surface area contributed by atoms with Crippen molar-refractivity contribution in [2.75, 3.05) is 5.32 Å². The summed E-state index contributed by atoms with van der Waals surface area (Å²) in [6, 6.07) is 6.11. The molecule has 1 aromatic carbocycles. The zero-order chi connectivity index (χ0) is 13.1. The lowest BCUT2D eigenvalue weighted by Gasteiger charge is -2.06. The molecule has 2 aromatic rings. The minimum atomic E-state index is -0.302. The van der Waals surface area contributed by atoms with Gasteiger partial charge in [0.05, 0.1) is 16.9 Å². The fraction of sp³-hybridized carbons (Fsp3) is 0.0769. The number of aromatic hydroxyl groups is 1. The van der Waals surface area contributed by atoms with Crippen molar-refractivity contribution in [3.8, 4) is 5.75 Å². The third kappa shape index (κ3) is 2.78. The summed E-state index contributed by atoms with van der Waals surface area (Å²) in [7, 11) is 0. The number of benzene rings is 1. The number of rotatable bonds is 2. The summed E-state index contributed by atoms with van der Waals surface area (Å²) >= 11 is 5.74. The number of phenols is 1. The van der Waals surface area contributed by atoms with Crippen LogP contribution >= 0.6 is 11.6 Å². The molecule has 0 aliphatic rings. The summed E-state index contributed by atoms with van der Waals surface area (Å²) in [5, 5.41) is 12.1. The number of anilines is 1. The maximum atomic E-state index is 11.9. The Hall–Kier alpha value is -2.07. The maximum absolute atomic E-state index is 11.9. The molecule has 0 unspecified atom stereocenters. The molecule has 18 heavy (non-hydrogen) atoms. The molecule has 4 nitrogen and oxygen atoms in total. The number of halogens is 1. The Labute approximate surface area is 109 Å². The molecule has 0 saturated carbocycles. The Morgan fingerprint density at radius 2 is 2.11 bits per heavy atom. The van der Waals surface area contributed by atoms with Gasteiger partial charge in [0.15, 0.2) is 0 Å². The Morgan fingerprint density at radius 3 is 2.78 bits per heavy atom.